The zero-order valence-electron chi connectivity index (χ0n) is 17.1. The number of nitrogens with two attached hydrogens (primary N) is 1. The Morgan fingerprint density at radius 3 is 2.70 bits per heavy atom. The lowest BCUT2D eigenvalue weighted by atomic mass is 9.99. The van der Waals surface area contributed by atoms with Gasteiger partial charge in [-0.15, -0.1) is 37.2 Å². The zero-order chi connectivity index (χ0) is 19.1. The number of aryl methyl sites for hydroxylation is 1. The predicted molar refractivity (Wildman–Crippen MR) is 128 cm³/mol. The normalized spacial score (nSPS) is 17.5. The summed E-state index contributed by atoms with van der Waals surface area (Å²) in [6.45, 7) is 6.11. The summed E-state index contributed by atoms with van der Waals surface area (Å²) < 4.78 is 19.2. The van der Waals surface area contributed by atoms with E-state index in [0.717, 1.165) is 55.8 Å². The number of nitrogens with one attached hydrogen (secondary N) is 2. The number of anilines is 1. The molecule has 2 heterocycles. The summed E-state index contributed by atoms with van der Waals surface area (Å²) in [6, 6.07) is 10.7. The molecule has 1 fully saturated rings. The fraction of sp³-hybridized carbons (Fsp3) is 0.476. The van der Waals surface area contributed by atoms with Crippen molar-refractivity contribution >= 4 is 43.0 Å². The maximum atomic E-state index is 13.1. The first-order valence-corrected chi connectivity index (χ1v) is 9.60. The summed E-state index contributed by atoms with van der Waals surface area (Å²) in [5.41, 5.74) is 9.04. The number of nitrogens with zero attached hydrogens (tertiary/aromatic N) is 1. The number of halogens is 4. The topological polar surface area (TPSA) is 72.2 Å². The maximum Gasteiger partial charge on any atom is 0.123 e. The number of nitrogen functional groups attached to an aromatic ring is 1. The molecule has 0 aliphatic carbocycles. The quantitative estimate of drug-likeness (QED) is 0.479. The maximum absolute atomic E-state index is 13.1. The second-order valence-electron chi connectivity index (χ2n) is 7.22. The summed E-state index contributed by atoms with van der Waals surface area (Å²) in [7, 11) is 0. The summed E-state index contributed by atoms with van der Waals surface area (Å²) in [5.74, 6) is 0.808. The van der Waals surface area contributed by atoms with E-state index >= 15 is 0 Å². The average Bonchev–Trinajstić information content (AvgIpc) is 3.04. The summed E-state index contributed by atoms with van der Waals surface area (Å²) in [4.78, 5) is 4.44. The summed E-state index contributed by atoms with van der Waals surface area (Å²) in [6.07, 6.45) is 1.88. The molecular formula is C21H32Cl3FN4O. The van der Waals surface area contributed by atoms with Gasteiger partial charge in [0.1, 0.15) is 11.6 Å². The highest BCUT2D eigenvalue weighted by Crippen LogP contribution is 2.19. The molecule has 3 rings (SSSR count). The first-order chi connectivity index (χ1) is 13.1. The van der Waals surface area contributed by atoms with Gasteiger partial charge < -0.3 is 21.1 Å². The molecule has 30 heavy (non-hydrogen) atoms. The van der Waals surface area contributed by atoms with E-state index in [1.165, 1.54) is 6.07 Å². The first-order valence-electron chi connectivity index (χ1n) is 9.60. The van der Waals surface area contributed by atoms with Crippen LogP contribution in [-0.4, -0.2) is 43.9 Å². The van der Waals surface area contributed by atoms with Crippen LogP contribution in [-0.2, 0) is 17.6 Å². The molecule has 0 saturated carbocycles. The SMILES string of the molecule is Cc1cc(N)nc(C[C@H]2CNC[C@@H]2OCCNCCc2cccc(F)c2)c1.Cl.Cl.Cl. The lowest BCUT2D eigenvalue weighted by molar-refractivity contribution is 0.0397. The third-order valence-electron chi connectivity index (χ3n) is 4.88. The van der Waals surface area contributed by atoms with Crippen molar-refractivity contribution in [2.45, 2.75) is 25.9 Å². The molecular weight excluding hydrogens is 450 g/mol. The molecule has 4 N–H and O–H groups in total. The zero-order valence-corrected chi connectivity index (χ0v) is 19.6. The van der Waals surface area contributed by atoms with E-state index in [-0.39, 0.29) is 49.1 Å². The number of hydrogen-bond acceptors (Lipinski definition) is 5. The Labute approximate surface area is 197 Å². The highest BCUT2D eigenvalue weighted by atomic mass is 35.5. The van der Waals surface area contributed by atoms with Gasteiger partial charge in [-0.05, 0) is 61.7 Å². The van der Waals surface area contributed by atoms with Crippen LogP contribution in [0.15, 0.2) is 36.4 Å². The number of aromatic nitrogens is 1. The molecule has 5 nitrogen and oxygen atoms in total. The van der Waals surface area contributed by atoms with Crippen LogP contribution < -0.4 is 16.4 Å². The molecule has 0 amide bonds. The minimum Gasteiger partial charge on any atom is -0.384 e. The molecule has 1 aromatic carbocycles. The smallest absolute Gasteiger partial charge is 0.123 e. The molecule has 0 bridgehead atoms. The number of benzene rings is 1. The molecule has 1 aromatic heterocycles. The van der Waals surface area contributed by atoms with E-state index in [9.17, 15) is 4.39 Å². The Morgan fingerprint density at radius 2 is 1.97 bits per heavy atom. The molecule has 0 spiro atoms. The monoisotopic (exact) mass is 480 g/mol. The lowest BCUT2D eigenvalue weighted by Crippen LogP contribution is -2.29. The van der Waals surface area contributed by atoms with E-state index in [4.69, 9.17) is 10.5 Å². The van der Waals surface area contributed by atoms with Gasteiger partial charge in [0.25, 0.3) is 0 Å². The van der Waals surface area contributed by atoms with Crippen LogP contribution in [0.2, 0.25) is 0 Å². The number of ether oxygens (including phenoxy) is 1. The van der Waals surface area contributed by atoms with Crippen molar-refractivity contribution in [1.82, 2.24) is 15.6 Å². The van der Waals surface area contributed by atoms with Crippen LogP contribution in [0.4, 0.5) is 10.2 Å². The third-order valence-corrected chi connectivity index (χ3v) is 4.88. The van der Waals surface area contributed by atoms with Crippen LogP contribution in [0.25, 0.3) is 0 Å². The van der Waals surface area contributed by atoms with Crippen LogP contribution in [0, 0.1) is 18.7 Å². The van der Waals surface area contributed by atoms with Gasteiger partial charge >= 0.3 is 0 Å². The molecule has 170 valence electrons. The largest absolute Gasteiger partial charge is 0.384 e. The van der Waals surface area contributed by atoms with Gasteiger partial charge in [0.05, 0.1) is 12.7 Å². The van der Waals surface area contributed by atoms with Crippen LogP contribution in [0.1, 0.15) is 16.8 Å². The Bertz CT molecular complexity index is 734. The van der Waals surface area contributed by atoms with Gasteiger partial charge in [0.15, 0.2) is 0 Å². The van der Waals surface area contributed by atoms with Crippen molar-refractivity contribution in [1.29, 1.82) is 0 Å². The standard InChI is InChI=1S/C21H29FN4O.3ClH/c1-15-9-19(26-21(23)10-15)12-17-13-25-14-20(17)27-8-7-24-6-5-16-3-2-4-18(22)11-16;;;/h2-4,9-11,17,20,24-25H,5-8,12-14H2,1H3,(H2,23,26);3*1H/t17-,20-;;;/m0.../s1. The minimum absolute atomic E-state index is 0. The van der Waals surface area contributed by atoms with Gasteiger partial charge in [-0.25, -0.2) is 9.37 Å². The van der Waals surface area contributed by atoms with E-state index in [0.29, 0.717) is 18.3 Å². The molecule has 9 heteroatoms. The van der Waals surface area contributed by atoms with Crippen molar-refractivity contribution in [3.63, 3.8) is 0 Å². The van der Waals surface area contributed by atoms with E-state index in [1.807, 2.05) is 19.1 Å². The minimum atomic E-state index is -0.180. The second kappa shape index (κ2) is 14.8. The number of pyridine rings is 1. The Hall–Kier alpha value is -1.15. The van der Waals surface area contributed by atoms with Crippen molar-refractivity contribution in [3.05, 3.63) is 59.0 Å². The fourth-order valence-electron chi connectivity index (χ4n) is 3.58. The van der Waals surface area contributed by atoms with Gasteiger partial charge in [-0.2, -0.15) is 0 Å². The summed E-state index contributed by atoms with van der Waals surface area (Å²) in [5, 5.41) is 6.77. The molecule has 1 aliphatic heterocycles. The van der Waals surface area contributed by atoms with E-state index in [1.54, 1.807) is 12.1 Å². The van der Waals surface area contributed by atoms with Gasteiger partial charge in [0, 0.05) is 31.2 Å². The van der Waals surface area contributed by atoms with Crippen LogP contribution >= 0.6 is 37.2 Å². The van der Waals surface area contributed by atoms with Crippen molar-refractivity contribution in [3.8, 4) is 0 Å². The van der Waals surface area contributed by atoms with Gasteiger partial charge in [-0.3, -0.25) is 0 Å². The van der Waals surface area contributed by atoms with Crippen molar-refractivity contribution < 1.29 is 9.13 Å². The number of rotatable bonds is 9. The Kier molecular flexibility index (Phi) is 14.2. The first kappa shape index (κ1) is 28.9. The molecule has 2 aromatic rings. The van der Waals surface area contributed by atoms with Gasteiger partial charge in [-0.1, -0.05) is 12.1 Å². The predicted octanol–water partition coefficient (Wildman–Crippen LogP) is 3.36. The van der Waals surface area contributed by atoms with Crippen molar-refractivity contribution in [2.75, 3.05) is 38.5 Å². The fourth-order valence-corrected chi connectivity index (χ4v) is 3.58. The second-order valence-corrected chi connectivity index (χ2v) is 7.22. The van der Waals surface area contributed by atoms with E-state index in [2.05, 4.69) is 21.7 Å². The van der Waals surface area contributed by atoms with Gasteiger partial charge in [0.2, 0.25) is 0 Å². The van der Waals surface area contributed by atoms with Crippen LogP contribution in [0.5, 0.6) is 0 Å². The third kappa shape index (κ3) is 9.33. The van der Waals surface area contributed by atoms with Crippen LogP contribution in [0.3, 0.4) is 0 Å². The summed E-state index contributed by atoms with van der Waals surface area (Å²) >= 11 is 0. The Balaban J connectivity index is 0.00000280. The molecule has 0 radical (unpaired) electrons. The molecule has 1 saturated heterocycles. The van der Waals surface area contributed by atoms with E-state index < -0.39 is 0 Å². The Morgan fingerprint density at radius 1 is 1.17 bits per heavy atom. The highest BCUT2D eigenvalue weighted by molar-refractivity contribution is 5.86. The molecule has 2 atom stereocenters. The van der Waals surface area contributed by atoms with Crippen molar-refractivity contribution in [2.24, 2.45) is 5.92 Å². The molecule has 1 aliphatic rings. The highest BCUT2D eigenvalue weighted by Gasteiger charge is 2.28. The lowest BCUT2D eigenvalue weighted by Gasteiger charge is -2.19. The average molecular weight is 482 g/mol. The molecule has 0 unspecified atom stereocenters. The number of hydrogen-bond donors (Lipinski definition) is 3.